The predicted molar refractivity (Wildman–Crippen MR) is 71.8 cm³/mol. The van der Waals surface area contributed by atoms with Crippen LogP contribution in [-0.2, 0) is 4.79 Å². The highest BCUT2D eigenvalue weighted by molar-refractivity contribution is 5.94. The van der Waals surface area contributed by atoms with Crippen molar-refractivity contribution in [2.45, 2.75) is 19.9 Å². The maximum atomic E-state index is 11.3. The molecule has 0 radical (unpaired) electrons. The van der Waals surface area contributed by atoms with E-state index in [-0.39, 0.29) is 12.6 Å². The first-order chi connectivity index (χ1) is 9.04. The van der Waals surface area contributed by atoms with Gasteiger partial charge in [-0.15, -0.1) is 0 Å². The number of imide groups is 1. The van der Waals surface area contributed by atoms with Gasteiger partial charge in [0.15, 0.2) is 6.61 Å². The fourth-order valence-corrected chi connectivity index (χ4v) is 1.70. The number of carbonyl (C=O) groups excluding carboxylic acids is 2. The van der Waals surface area contributed by atoms with Gasteiger partial charge in [-0.25, -0.2) is 4.79 Å². The van der Waals surface area contributed by atoms with E-state index < -0.39 is 11.9 Å². The van der Waals surface area contributed by atoms with Crippen molar-refractivity contribution in [3.05, 3.63) is 29.8 Å². The average molecular weight is 265 g/mol. The van der Waals surface area contributed by atoms with Crippen LogP contribution < -0.4 is 21.1 Å². The molecule has 6 heteroatoms. The third-order valence-corrected chi connectivity index (χ3v) is 2.52. The Kier molecular flexibility index (Phi) is 5.81. The number of nitrogens with two attached hydrogens (primary N) is 1. The second-order valence-electron chi connectivity index (χ2n) is 4.02. The lowest BCUT2D eigenvalue weighted by atomic mass is 10.1. The van der Waals surface area contributed by atoms with Crippen molar-refractivity contribution in [1.82, 2.24) is 10.6 Å². The molecule has 1 aromatic rings. The highest BCUT2D eigenvalue weighted by Gasteiger charge is 2.12. The molecule has 0 fully saturated rings. The fourth-order valence-electron chi connectivity index (χ4n) is 1.70. The van der Waals surface area contributed by atoms with Gasteiger partial charge in [-0.05, 0) is 19.5 Å². The van der Waals surface area contributed by atoms with Crippen molar-refractivity contribution in [3.8, 4) is 5.75 Å². The van der Waals surface area contributed by atoms with E-state index in [0.717, 1.165) is 12.1 Å². The van der Waals surface area contributed by atoms with E-state index in [0.29, 0.717) is 5.75 Å². The number of urea groups is 1. The van der Waals surface area contributed by atoms with E-state index >= 15 is 0 Å². The summed E-state index contributed by atoms with van der Waals surface area (Å²) in [6, 6.07) is 6.65. The molecule has 0 aliphatic carbocycles. The van der Waals surface area contributed by atoms with E-state index in [4.69, 9.17) is 10.5 Å². The van der Waals surface area contributed by atoms with Gasteiger partial charge in [0.2, 0.25) is 0 Å². The van der Waals surface area contributed by atoms with Crippen molar-refractivity contribution >= 4 is 11.9 Å². The molecule has 3 amide bonds. The molecule has 0 spiro atoms. The number of hydrogen-bond acceptors (Lipinski definition) is 4. The molecule has 0 aliphatic heterocycles. The Bertz CT molecular complexity index is 449. The third-order valence-electron chi connectivity index (χ3n) is 2.52. The maximum absolute atomic E-state index is 11.3. The Morgan fingerprint density at radius 2 is 2.05 bits per heavy atom. The van der Waals surface area contributed by atoms with Gasteiger partial charge in [-0.1, -0.05) is 25.1 Å². The maximum Gasteiger partial charge on any atom is 0.318 e. The molecule has 0 aliphatic rings. The zero-order valence-corrected chi connectivity index (χ0v) is 11.1. The molecule has 0 saturated carbocycles. The number of benzene rings is 1. The van der Waals surface area contributed by atoms with Gasteiger partial charge in [0, 0.05) is 11.6 Å². The second kappa shape index (κ2) is 7.38. The van der Waals surface area contributed by atoms with Gasteiger partial charge in [0.1, 0.15) is 5.75 Å². The zero-order chi connectivity index (χ0) is 14.3. The molecule has 1 rings (SSSR count). The van der Waals surface area contributed by atoms with Crippen LogP contribution in [0.5, 0.6) is 5.75 Å². The first kappa shape index (κ1) is 15.0. The molecule has 0 heterocycles. The lowest BCUT2D eigenvalue weighted by molar-refractivity contribution is -0.121. The molecule has 0 aromatic heterocycles. The molecule has 1 aromatic carbocycles. The van der Waals surface area contributed by atoms with Gasteiger partial charge < -0.3 is 15.8 Å². The quantitative estimate of drug-likeness (QED) is 0.713. The van der Waals surface area contributed by atoms with Gasteiger partial charge >= 0.3 is 6.03 Å². The smallest absolute Gasteiger partial charge is 0.318 e. The van der Waals surface area contributed by atoms with Crippen LogP contribution in [0, 0.1) is 0 Å². The van der Waals surface area contributed by atoms with Crippen molar-refractivity contribution < 1.29 is 14.3 Å². The summed E-state index contributed by atoms with van der Waals surface area (Å²) >= 11 is 0. The Morgan fingerprint density at radius 1 is 1.37 bits per heavy atom. The minimum atomic E-state index is -0.886. The number of amides is 3. The van der Waals surface area contributed by atoms with E-state index in [1.807, 2.05) is 37.4 Å². The molecule has 19 heavy (non-hydrogen) atoms. The van der Waals surface area contributed by atoms with Crippen LogP contribution in [0.1, 0.15) is 25.5 Å². The third kappa shape index (κ3) is 4.97. The normalized spacial score (nSPS) is 11.7. The van der Waals surface area contributed by atoms with Crippen LogP contribution in [-0.4, -0.2) is 25.1 Å². The fraction of sp³-hybridized carbons (Fsp3) is 0.385. The molecule has 6 nitrogen and oxygen atoms in total. The molecular weight excluding hydrogens is 246 g/mol. The largest absolute Gasteiger partial charge is 0.483 e. The first-order valence-corrected chi connectivity index (χ1v) is 6.09. The summed E-state index contributed by atoms with van der Waals surface area (Å²) in [5.74, 6) is 0.0361. The van der Waals surface area contributed by atoms with Crippen LogP contribution in [0.3, 0.4) is 0 Å². The molecule has 1 atom stereocenters. The van der Waals surface area contributed by atoms with Crippen molar-refractivity contribution in [1.29, 1.82) is 0 Å². The number of nitrogens with one attached hydrogen (secondary N) is 2. The SMILES string of the molecule is CCNC(C)c1ccccc1OCC(=O)NC(N)=O. The Balaban J connectivity index is 2.67. The first-order valence-electron chi connectivity index (χ1n) is 6.09. The second-order valence-corrected chi connectivity index (χ2v) is 4.02. The summed E-state index contributed by atoms with van der Waals surface area (Å²) in [5.41, 5.74) is 5.80. The number of para-hydroxylation sites is 1. The van der Waals surface area contributed by atoms with E-state index in [1.165, 1.54) is 0 Å². The summed E-state index contributed by atoms with van der Waals surface area (Å²) < 4.78 is 5.41. The van der Waals surface area contributed by atoms with Crippen LogP contribution in [0.25, 0.3) is 0 Å². The van der Waals surface area contributed by atoms with Gasteiger partial charge in [-0.3, -0.25) is 10.1 Å². The molecule has 0 saturated heterocycles. The number of carbonyl (C=O) groups is 2. The van der Waals surface area contributed by atoms with Crippen molar-refractivity contribution in [2.75, 3.05) is 13.2 Å². The predicted octanol–water partition coefficient (Wildman–Crippen LogP) is 0.931. The Labute approximate surface area is 112 Å². The number of hydrogen-bond donors (Lipinski definition) is 3. The van der Waals surface area contributed by atoms with Gasteiger partial charge in [0.05, 0.1) is 0 Å². The van der Waals surface area contributed by atoms with E-state index in [9.17, 15) is 9.59 Å². The standard InChI is InChI=1S/C13H19N3O3/c1-3-15-9(2)10-6-4-5-7-11(10)19-8-12(17)16-13(14)18/h4-7,9,15H,3,8H2,1-2H3,(H3,14,16,17,18). The monoisotopic (exact) mass is 265 g/mol. The number of ether oxygens (including phenoxy) is 1. The van der Waals surface area contributed by atoms with Crippen molar-refractivity contribution in [3.63, 3.8) is 0 Å². The lowest BCUT2D eigenvalue weighted by Gasteiger charge is -2.17. The molecular formula is C13H19N3O3. The van der Waals surface area contributed by atoms with Gasteiger partial charge in [0.25, 0.3) is 5.91 Å². The summed E-state index contributed by atoms with van der Waals surface area (Å²) in [6.45, 7) is 4.60. The lowest BCUT2D eigenvalue weighted by Crippen LogP contribution is -2.38. The summed E-state index contributed by atoms with van der Waals surface area (Å²) in [4.78, 5) is 21.8. The van der Waals surface area contributed by atoms with E-state index in [2.05, 4.69) is 5.32 Å². The molecule has 104 valence electrons. The Morgan fingerprint density at radius 3 is 2.68 bits per heavy atom. The Hall–Kier alpha value is -2.08. The van der Waals surface area contributed by atoms with Crippen LogP contribution in [0.2, 0.25) is 0 Å². The van der Waals surface area contributed by atoms with Crippen molar-refractivity contribution in [2.24, 2.45) is 5.73 Å². The number of rotatable bonds is 6. The highest BCUT2D eigenvalue weighted by Crippen LogP contribution is 2.24. The summed E-state index contributed by atoms with van der Waals surface area (Å²) in [5, 5.41) is 5.21. The van der Waals surface area contributed by atoms with E-state index in [1.54, 1.807) is 6.07 Å². The highest BCUT2D eigenvalue weighted by atomic mass is 16.5. The minimum Gasteiger partial charge on any atom is -0.483 e. The molecule has 4 N–H and O–H groups in total. The minimum absolute atomic E-state index is 0.111. The molecule has 0 bridgehead atoms. The van der Waals surface area contributed by atoms with Crippen LogP contribution in [0.4, 0.5) is 4.79 Å². The van der Waals surface area contributed by atoms with Crippen LogP contribution in [0.15, 0.2) is 24.3 Å². The number of primary amides is 1. The topological polar surface area (TPSA) is 93.4 Å². The van der Waals surface area contributed by atoms with Crippen LogP contribution >= 0.6 is 0 Å². The average Bonchev–Trinajstić information content (AvgIpc) is 2.36. The zero-order valence-electron chi connectivity index (χ0n) is 11.1. The molecule has 1 unspecified atom stereocenters. The summed E-state index contributed by atoms with van der Waals surface area (Å²) in [6.07, 6.45) is 0. The summed E-state index contributed by atoms with van der Waals surface area (Å²) in [7, 11) is 0. The van der Waals surface area contributed by atoms with Gasteiger partial charge in [-0.2, -0.15) is 0 Å².